The smallest absolute Gasteiger partial charge is 0.378 e. The van der Waals surface area contributed by atoms with E-state index in [2.05, 4.69) is 0 Å². The molecule has 2 aliphatic heterocycles. The largest absolute Gasteiger partial charge is 0.450 e. The first-order chi connectivity index (χ1) is 9.20. The fourth-order valence-electron chi connectivity index (χ4n) is 2.23. The maximum absolute atomic E-state index is 11.6. The summed E-state index contributed by atoms with van der Waals surface area (Å²) < 4.78 is 15.9. The van der Waals surface area contributed by atoms with Crippen LogP contribution in [0.25, 0.3) is 0 Å². The normalized spacial score (nSPS) is 32.2. The highest BCUT2D eigenvalue weighted by Gasteiger charge is 2.53. The molecule has 4 atom stereocenters. The van der Waals surface area contributed by atoms with Crippen LogP contribution in [0.2, 0.25) is 0 Å². The fraction of sp³-hybridized carbons (Fsp3) is 0.385. The van der Waals surface area contributed by atoms with Crippen LogP contribution in [0, 0.1) is 0 Å². The number of ether oxygens (including phenoxy) is 3. The number of Topliss-reactive ketones (excluding diaryl/α,β-unsaturated/α-hetero) is 1. The van der Waals surface area contributed by atoms with Gasteiger partial charge in [-0.3, -0.25) is 4.79 Å². The molecule has 2 heterocycles. The van der Waals surface area contributed by atoms with Crippen LogP contribution in [-0.2, 0) is 23.8 Å². The molecule has 108 valence electrons. The molecule has 2 saturated heterocycles. The molecule has 3 rings (SSSR count). The van der Waals surface area contributed by atoms with Crippen molar-refractivity contribution >= 4 is 11.8 Å². The Morgan fingerprint density at radius 2 is 1.80 bits per heavy atom. The molecule has 0 aromatic heterocycles. The zero-order chi connectivity index (χ0) is 13.4. The molecule has 7 heteroatoms. The molecular weight excluding hydrogens is 268 g/mol. The van der Waals surface area contributed by atoms with E-state index in [9.17, 15) is 14.7 Å². The molecule has 0 saturated carbocycles. The second-order valence-corrected chi connectivity index (χ2v) is 4.39. The van der Waals surface area contributed by atoms with Gasteiger partial charge in [-0.1, -0.05) is 30.3 Å². The number of esters is 1. The topological polar surface area (TPSA) is 114 Å². The minimum atomic E-state index is -1.01. The summed E-state index contributed by atoms with van der Waals surface area (Å²) in [5.41, 5.74) is 0.714. The van der Waals surface area contributed by atoms with E-state index in [-0.39, 0.29) is 12.1 Å². The first-order valence-corrected chi connectivity index (χ1v) is 5.92. The fourth-order valence-corrected chi connectivity index (χ4v) is 2.23. The van der Waals surface area contributed by atoms with E-state index in [0.717, 1.165) is 0 Å². The van der Waals surface area contributed by atoms with Gasteiger partial charge in [0.25, 0.3) is 5.78 Å². The van der Waals surface area contributed by atoms with Crippen molar-refractivity contribution in [3.05, 3.63) is 35.9 Å². The molecule has 7 nitrogen and oxygen atoms in total. The minimum Gasteiger partial charge on any atom is -0.450 e. The molecule has 3 N–H and O–H groups in total. The monoisotopic (exact) mass is 282 g/mol. The summed E-state index contributed by atoms with van der Waals surface area (Å²) in [6, 6.07) is 9.01. The van der Waals surface area contributed by atoms with Crippen LogP contribution >= 0.6 is 0 Å². The predicted molar refractivity (Wildman–Crippen MR) is 64.5 cm³/mol. The van der Waals surface area contributed by atoms with Gasteiger partial charge in [-0.05, 0) is 0 Å². The van der Waals surface area contributed by atoms with Crippen molar-refractivity contribution in [1.29, 1.82) is 0 Å². The Balaban J connectivity index is 0.00000147. The second kappa shape index (κ2) is 5.68. The van der Waals surface area contributed by atoms with E-state index >= 15 is 0 Å². The first kappa shape index (κ1) is 14.6. The minimum absolute atomic E-state index is 0. The summed E-state index contributed by atoms with van der Waals surface area (Å²) in [4.78, 5) is 22.9. The zero-order valence-corrected chi connectivity index (χ0v) is 10.4. The molecule has 0 spiro atoms. The third kappa shape index (κ3) is 2.32. The van der Waals surface area contributed by atoms with Crippen LogP contribution < -0.4 is 0 Å². The van der Waals surface area contributed by atoms with Crippen molar-refractivity contribution in [2.24, 2.45) is 0 Å². The number of aliphatic hydroxyl groups is 1. The molecule has 2 aliphatic rings. The van der Waals surface area contributed by atoms with Gasteiger partial charge < -0.3 is 24.8 Å². The molecule has 0 bridgehead atoms. The molecule has 0 aliphatic carbocycles. The van der Waals surface area contributed by atoms with E-state index in [0.29, 0.717) is 5.56 Å². The maximum Gasteiger partial charge on any atom is 0.378 e. The van der Waals surface area contributed by atoms with Crippen molar-refractivity contribution in [3.63, 3.8) is 0 Å². The third-order valence-corrected chi connectivity index (χ3v) is 3.19. The summed E-state index contributed by atoms with van der Waals surface area (Å²) in [6.07, 6.45) is -3.44. The quantitative estimate of drug-likeness (QED) is 0.557. The van der Waals surface area contributed by atoms with Gasteiger partial charge >= 0.3 is 5.97 Å². The van der Waals surface area contributed by atoms with Crippen LogP contribution in [0.15, 0.2) is 30.3 Å². The molecule has 1 aromatic rings. The summed E-state index contributed by atoms with van der Waals surface area (Å²) >= 11 is 0. The van der Waals surface area contributed by atoms with Crippen LogP contribution in [-0.4, -0.2) is 47.3 Å². The van der Waals surface area contributed by atoms with Gasteiger partial charge in [-0.15, -0.1) is 0 Å². The van der Waals surface area contributed by atoms with Crippen molar-refractivity contribution in [2.75, 3.05) is 6.61 Å². The second-order valence-electron chi connectivity index (χ2n) is 4.39. The van der Waals surface area contributed by atoms with Gasteiger partial charge in [0.15, 0.2) is 18.5 Å². The van der Waals surface area contributed by atoms with Crippen molar-refractivity contribution < 1.29 is 34.4 Å². The molecule has 0 radical (unpaired) electrons. The zero-order valence-electron chi connectivity index (χ0n) is 10.4. The van der Waals surface area contributed by atoms with E-state index < -0.39 is 36.4 Å². The van der Waals surface area contributed by atoms with Crippen LogP contribution in [0.5, 0.6) is 0 Å². The van der Waals surface area contributed by atoms with E-state index in [1.807, 2.05) is 6.07 Å². The number of carbonyl (C=O) groups is 2. The Kier molecular flexibility index (Phi) is 4.15. The number of ketones is 1. The van der Waals surface area contributed by atoms with Gasteiger partial charge in [-0.25, -0.2) is 4.79 Å². The molecule has 1 aromatic carbocycles. The number of hydrogen-bond donors (Lipinski definition) is 1. The van der Waals surface area contributed by atoms with E-state index in [1.54, 1.807) is 24.3 Å². The van der Waals surface area contributed by atoms with E-state index in [1.165, 1.54) is 0 Å². The van der Waals surface area contributed by atoms with Gasteiger partial charge in [0.05, 0.1) is 6.61 Å². The summed E-state index contributed by atoms with van der Waals surface area (Å²) in [7, 11) is 0. The number of carbonyl (C=O) groups excluding carboxylic acids is 2. The lowest BCUT2D eigenvalue weighted by Gasteiger charge is -2.35. The van der Waals surface area contributed by atoms with Gasteiger partial charge in [0.2, 0.25) is 0 Å². The van der Waals surface area contributed by atoms with Gasteiger partial charge in [0.1, 0.15) is 6.10 Å². The number of fused-ring (bicyclic) bond motifs is 1. The summed E-state index contributed by atoms with van der Waals surface area (Å²) in [5, 5.41) is 9.29. The maximum atomic E-state index is 11.6. The lowest BCUT2D eigenvalue weighted by molar-refractivity contribution is -0.277. The van der Waals surface area contributed by atoms with E-state index in [4.69, 9.17) is 14.2 Å². The molecule has 0 amide bonds. The third-order valence-electron chi connectivity index (χ3n) is 3.19. The Morgan fingerprint density at radius 3 is 2.45 bits per heavy atom. The Bertz CT molecular complexity index is 501. The SMILES string of the molecule is O.O=C1O[C@@H]2[C@H](CO)OC(c3ccccc3)O[C@@H]2C1=O. The number of benzene rings is 1. The highest BCUT2D eigenvalue weighted by atomic mass is 16.7. The number of rotatable bonds is 2. The van der Waals surface area contributed by atoms with Crippen LogP contribution in [0.4, 0.5) is 0 Å². The Morgan fingerprint density at radius 1 is 1.10 bits per heavy atom. The highest BCUT2D eigenvalue weighted by molar-refractivity contribution is 6.37. The molecule has 2 fully saturated rings. The summed E-state index contributed by atoms with van der Waals surface area (Å²) in [6.45, 7) is -0.353. The molecular formula is C13H14O7. The predicted octanol–water partition coefficient (Wildman–Crippen LogP) is -0.869. The van der Waals surface area contributed by atoms with Gasteiger partial charge in [-0.2, -0.15) is 0 Å². The van der Waals surface area contributed by atoms with Gasteiger partial charge in [0, 0.05) is 5.56 Å². The lowest BCUT2D eigenvalue weighted by atomic mass is 10.0. The van der Waals surface area contributed by atoms with Crippen LogP contribution in [0.3, 0.4) is 0 Å². The van der Waals surface area contributed by atoms with Crippen molar-refractivity contribution in [2.45, 2.75) is 24.6 Å². The highest BCUT2D eigenvalue weighted by Crippen LogP contribution is 2.34. The number of aliphatic hydroxyl groups excluding tert-OH is 1. The molecule has 20 heavy (non-hydrogen) atoms. The standard InChI is InChI=1S/C13H12O6.H2O/c14-6-8-10-11(9(15)12(16)18-10)19-13(17-8)7-4-2-1-3-5-7;/h1-5,8,10-11,13-14H,6H2;1H2/t8-,10+,11+,13?;/m0./s1. The Hall–Kier alpha value is -1.80. The molecule has 1 unspecified atom stereocenters. The Labute approximate surface area is 114 Å². The van der Waals surface area contributed by atoms with Crippen molar-refractivity contribution in [1.82, 2.24) is 0 Å². The summed E-state index contributed by atoms with van der Waals surface area (Å²) in [5.74, 6) is -1.67. The number of hydrogen-bond acceptors (Lipinski definition) is 6. The lowest BCUT2D eigenvalue weighted by Crippen LogP contribution is -2.48. The van der Waals surface area contributed by atoms with Crippen molar-refractivity contribution in [3.8, 4) is 0 Å². The van der Waals surface area contributed by atoms with Crippen LogP contribution in [0.1, 0.15) is 11.9 Å². The average molecular weight is 282 g/mol. The average Bonchev–Trinajstić information content (AvgIpc) is 2.75. The first-order valence-electron chi connectivity index (χ1n) is 5.92.